The predicted octanol–water partition coefficient (Wildman–Crippen LogP) is 2.58. The number of aromatic nitrogens is 3. The molecule has 19 heavy (non-hydrogen) atoms. The summed E-state index contributed by atoms with van der Waals surface area (Å²) in [4.78, 5) is 18.5. The maximum absolute atomic E-state index is 12.3. The van der Waals surface area contributed by atoms with Crippen LogP contribution >= 0.6 is 0 Å². The van der Waals surface area contributed by atoms with Gasteiger partial charge in [0.05, 0.1) is 0 Å². The van der Waals surface area contributed by atoms with Gasteiger partial charge in [0.25, 0.3) is 5.91 Å². The van der Waals surface area contributed by atoms with Crippen LogP contribution in [0.5, 0.6) is 0 Å². The van der Waals surface area contributed by atoms with Crippen LogP contribution < -0.4 is 0 Å². The Morgan fingerprint density at radius 3 is 2.53 bits per heavy atom. The van der Waals surface area contributed by atoms with Crippen LogP contribution in [-0.2, 0) is 0 Å². The first kappa shape index (κ1) is 14.0. The molecule has 0 spiro atoms. The van der Waals surface area contributed by atoms with Crippen LogP contribution in [0.2, 0.25) is 0 Å². The molecular formula is C14H24N4O. The van der Waals surface area contributed by atoms with E-state index >= 15 is 0 Å². The van der Waals surface area contributed by atoms with Crippen molar-refractivity contribution < 1.29 is 4.79 Å². The van der Waals surface area contributed by atoms with Gasteiger partial charge in [-0.2, -0.15) is 0 Å². The fraction of sp³-hybridized carbons (Fsp3) is 0.786. The molecule has 1 fully saturated rings. The van der Waals surface area contributed by atoms with E-state index in [4.69, 9.17) is 0 Å². The number of aromatic amines is 1. The highest BCUT2D eigenvalue weighted by atomic mass is 16.2. The summed E-state index contributed by atoms with van der Waals surface area (Å²) >= 11 is 0. The number of carbonyl (C=O) groups excluding carboxylic acids is 1. The van der Waals surface area contributed by atoms with Gasteiger partial charge in [0.2, 0.25) is 5.82 Å². The molecule has 2 heterocycles. The minimum Gasteiger partial charge on any atom is -0.336 e. The number of piperidine rings is 1. The zero-order valence-corrected chi connectivity index (χ0v) is 12.4. The van der Waals surface area contributed by atoms with Gasteiger partial charge in [0.15, 0.2) is 0 Å². The number of amides is 1. The highest BCUT2D eigenvalue weighted by molar-refractivity contribution is 5.90. The second-order valence-electron chi connectivity index (χ2n) is 6.16. The number of rotatable bonds is 3. The molecule has 1 N–H and O–H groups in total. The van der Waals surface area contributed by atoms with E-state index in [-0.39, 0.29) is 11.8 Å². The average Bonchev–Trinajstić information content (AvgIpc) is 2.88. The van der Waals surface area contributed by atoms with Crippen molar-refractivity contribution >= 4 is 5.91 Å². The zero-order valence-electron chi connectivity index (χ0n) is 12.4. The van der Waals surface area contributed by atoms with Crippen molar-refractivity contribution in [1.29, 1.82) is 0 Å². The lowest BCUT2D eigenvalue weighted by molar-refractivity contribution is 0.0589. The molecule has 1 aliphatic heterocycles. The molecule has 5 nitrogen and oxygen atoms in total. The number of hydrogen-bond acceptors (Lipinski definition) is 3. The average molecular weight is 264 g/mol. The number of nitrogens with one attached hydrogen (secondary N) is 1. The summed E-state index contributed by atoms with van der Waals surface area (Å²) in [5, 5.41) is 6.89. The Kier molecular flexibility index (Phi) is 3.92. The Bertz CT molecular complexity index is 444. The summed E-state index contributed by atoms with van der Waals surface area (Å²) in [6.07, 6.45) is 3.31. The normalized spacial score (nSPS) is 18.9. The van der Waals surface area contributed by atoms with Crippen molar-refractivity contribution in [2.75, 3.05) is 13.1 Å². The van der Waals surface area contributed by atoms with E-state index in [2.05, 4.69) is 29.0 Å². The summed E-state index contributed by atoms with van der Waals surface area (Å²) in [5.41, 5.74) is 0.388. The van der Waals surface area contributed by atoms with Gasteiger partial charge in [0, 0.05) is 19.0 Å². The van der Waals surface area contributed by atoms with Crippen LogP contribution in [0.15, 0.2) is 0 Å². The van der Waals surface area contributed by atoms with Gasteiger partial charge in [-0.3, -0.25) is 9.89 Å². The monoisotopic (exact) mass is 264 g/mol. The van der Waals surface area contributed by atoms with E-state index in [1.807, 2.05) is 18.7 Å². The third-order valence-electron chi connectivity index (χ3n) is 4.35. The van der Waals surface area contributed by atoms with E-state index < -0.39 is 0 Å². The molecule has 106 valence electrons. The first-order valence-electron chi connectivity index (χ1n) is 7.17. The van der Waals surface area contributed by atoms with E-state index in [9.17, 15) is 4.79 Å². The third-order valence-corrected chi connectivity index (χ3v) is 4.35. The minimum absolute atomic E-state index is 0.0405. The Morgan fingerprint density at radius 1 is 1.42 bits per heavy atom. The quantitative estimate of drug-likeness (QED) is 0.912. The molecule has 1 aromatic rings. The van der Waals surface area contributed by atoms with E-state index in [1.165, 1.54) is 6.42 Å². The van der Waals surface area contributed by atoms with Crippen LogP contribution in [0.25, 0.3) is 0 Å². The van der Waals surface area contributed by atoms with Gasteiger partial charge in [-0.15, -0.1) is 5.10 Å². The van der Waals surface area contributed by atoms with Crippen LogP contribution in [0, 0.1) is 5.41 Å². The summed E-state index contributed by atoms with van der Waals surface area (Å²) in [7, 11) is 0. The van der Waals surface area contributed by atoms with E-state index in [0.717, 1.165) is 31.8 Å². The van der Waals surface area contributed by atoms with Crippen molar-refractivity contribution in [1.82, 2.24) is 20.1 Å². The van der Waals surface area contributed by atoms with Crippen LogP contribution in [0.1, 0.15) is 69.3 Å². The van der Waals surface area contributed by atoms with Crippen molar-refractivity contribution in [3.8, 4) is 0 Å². The first-order chi connectivity index (χ1) is 8.95. The molecule has 0 atom stereocenters. The molecule has 0 aromatic carbocycles. The Labute approximate surface area is 114 Å². The second kappa shape index (κ2) is 5.31. The summed E-state index contributed by atoms with van der Waals surface area (Å²) in [5.74, 6) is 1.31. The minimum atomic E-state index is -0.0405. The molecule has 0 saturated carbocycles. The fourth-order valence-corrected chi connectivity index (χ4v) is 2.37. The number of carbonyl (C=O) groups is 1. The van der Waals surface area contributed by atoms with Gasteiger partial charge in [-0.05, 0) is 18.3 Å². The third kappa shape index (κ3) is 2.96. The topological polar surface area (TPSA) is 61.9 Å². The predicted molar refractivity (Wildman–Crippen MR) is 74.0 cm³/mol. The molecule has 0 aliphatic carbocycles. The lowest BCUT2D eigenvalue weighted by atomic mass is 9.78. The van der Waals surface area contributed by atoms with Crippen LogP contribution in [-0.4, -0.2) is 39.1 Å². The molecule has 1 saturated heterocycles. The largest absolute Gasteiger partial charge is 0.336 e. The van der Waals surface area contributed by atoms with Crippen molar-refractivity contribution in [2.24, 2.45) is 5.41 Å². The summed E-state index contributed by atoms with van der Waals surface area (Å²) in [6, 6.07) is 0. The van der Waals surface area contributed by atoms with Crippen LogP contribution in [0.3, 0.4) is 0 Å². The van der Waals surface area contributed by atoms with Crippen molar-refractivity contribution in [3.05, 3.63) is 11.6 Å². The van der Waals surface area contributed by atoms with Gasteiger partial charge in [0.1, 0.15) is 5.82 Å². The number of H-pyrrole nitrogens is 1. The lowest BCUT2D eigenvalue weighted by Gasteiger charge is -2.38. The summed E-state index contributed by atoms with van der Waals surface area (Å²) in [6.45, 7) is 10.2. The number of hydrogen-bond donors (Lipinski definition) is 1. The van der Waals surface area contributed by atoms with E-state index in [1.54, 1.807) is 0 Å². The maximum Gasteiger partial charge on any atom is 0.293 e. The zero-order chi connectivity index (χ0) is 14.0. The molecule has 1 aromatic heterocycles. The smallest absolute Gasteiger partial charge is 0.293 e. The highest BCUT2D eigenvalue weighted by Crippen LogP contribution is 2.34. The highest BCUT2D eigenvalue weighted by Gasteiger charge is 2.31. The first-order valence-corrected chi connectivity index (χ1v) is 7.17. The molecular weight excluding hydrogens is 240 g/mol. The molecule has 1 amide bonds. The number of nitrogens with zero attached hydrogens (tertiary/aromatic N) is 3. The molecule has 0 unspecified atom stereocenters. The van der Waals surface area contributed by atoms with Crippen molar-refractivity contribution in [2.45, 2.75) is 52.9 Å². The lowest BCUT2D eigenvalue weighted by Crippen LogP contribution is -2.42. The Morgan fingerprint density at radius 2 is 2.05 bits per heavy atom. The number of likely N-dealkylation sites (tertiary alicyclic amines) is 1. The van der Waals surface area contributed by atoms with Gasteiger partial charge in [-0.25, -0.2) is 4.98 Å². The molecule has 0 radical (unpaired) electrons. The fourth-order valence-electron chi connectivity index (χ4n) is 2.37. The SMILES string of the molecule is CCC1(C)CCN(C(=O)c2n[nH]c(C(C)C)n2)CC1. The van der Waals surface area contributed by atoms with Crippen LogP contribution in [0.4, 0.5) is 0 Å². The van der Waals surface area contributed by atoms with E-state index in [0.29, 0.717) is 11.2 Å². The molecule has 0 bridgehead atoms. The van der Waals surface area contributed by atoms with Gasteiger partial charge < -0.3 is 4.90 Å². The molecule has 1 aliphatic rings. The standard InChI is InChI=1S/C14H24N4O/c1-5-14(4)6-8-18(9-7-14)13(19)12-15-11(10(2)3)16-17-12/h10H,5-9H2,1-4H3,(H,15,16,17). The molecule has 5 heteroatoms. The Hall–Kier alpha value is -1.39. The van der Waals surface area contributed by atoms with Gasteiger partial charge >= 0.3 is 0 Å². The van der Waals surface area contributed by atoms with Crippen molar-refractivity contribution in [3.63, 3.8) is 0 Å². The molecule has 2 rings (SSSR count). The van der Waals surface area contributed by atoms with Gasteiger partial charge in [-0.1, -0.05) is 34.1 Å². The Balaban J connectivity index is 2.01. The second-order valence-corrected chi connectivity index (χ2v) is 6.16. The maximum atomic E-state index is 12.3. The summed E-state index contributed by atoms with van der Waals surface area (Å²) < 4.78 is 0.